The van der Waals surface area contributed by atoms with Gasteiger partial charge in [-0.05, 0) is 44.4 Å². The minimum absolute atomic E-state index is 0.000605. The number of rotatable bonds is 4. The van der Waals surface area contributed by atoms with E-state index in [9.17, 15) is 18.0 Å². The van der Waals surface area contributed by atoms with Crippen LogP contribution in [0.1, 0.15) is 50.8 Å². The number of piperidine rings is 1. The molecule has 1 saturated heterocycles. The molecule has 3 fully saturated rings. The van der Waals surface area contributed by atoms with Gasteiger partial charge in [0.1, 0.15) is 6.04 Å². The van der Waals surface area contributed by atoms with Crippen molar-refractivity contribution in [2.75, 3.05) is 18.4 Å². The van der Waals surface area contributed by atoms with Gasteiger partial charge in [-0.2, -0.15) is 13.2 Å². The van der Waals surface area contributed by atoms with Crippen LogP contribution in [0.25, 0.3) is 0 Å². The average Bonchev–Trinajstić information content (AvgIpc) is 3.47. The molecule has 9 heteroatoms. The Bertz CT molecular complexity index is 661. The summed E-state index contributed by atoms with van der Waals surface area (Å²) in [7, 11) is 0. The maximum Gasteiger partial charge on any atom is 0.392 e. The molecule has 1 N–H and O–H groups in total. The monoisotopic (exact) mass is 358 g/mol. The van der Waals surface area contributed by atoms with Crippen LogP contribution in [-0.2, 0) is 4.79 Å². The van der Waals surface area contributed by atoms with Crippen molar-refractivity contribution >= 4 is 11.9 Å². The average molecular weight is 358 g/mol. The number of nitrogens with zero attached hydrogens (tertiary/aromatic N) is 3. The third-order valence-electron chi connectivity index (χ3n) is 5.77. The Kier molecular flexibility index (Phi) is 3.73. The van der Waals surface area contributed by atoms with Crippen LogP contribution < -0.4 is 5.32 Å². The van der Waals surface area contributed by atoms with Crippen molar-refractivity contribution in [3.8, 4) is 0 Å². The molecule has 0 aromatic carbocycles. The summed E-state index contributed by atoms with van der Waals surface area (Å²) in [5, 5.41) is 10.2. The minimum atomic E-state index is -4.23. The molecule has 2 heterocycles. The van der Waals surface area contributed by atoms with E-state index < -0.39 is 24.1 Å². The number of alkyl halides is 3. The Morgan fingerprint density at radius 3 is 2.52 bits per heavy atom. The molecule has 1 aromatic heterocycles. The van der Waals surface area contributed by atoms with E-state index in [1.54, 1.807) is 6.92 Å². The molecule has 0 unspecified atom stereocenters. The normalized spacial score (nSPS) is 28.7. The van der Waals surface area contributed by atoms with Crippen LogP contribution >= 0.6 is 0 Å². The second-order valence-electron chi connectivity index (χ2n) is 7.63. The maximum absolute atomic E-state index is 12.6. The number of carbonyl (C=O) groups excluding carboxylic acids is 1. The Balaban J connectivity index is 1.31. The fourth-order valence-electron chi connectivity index (χ4n) is 3.67. The molecule has 3 atom stereocenters. The predicted molar refractivity (Wildman–Crippen MR) is 81.8 cm³/mol. The summed E-state index contributed by atoms with van der Waals surface area (Å²) in [5.74, 6) is -2.22. The van der Waals surface area contributed by atoms with Crippen LogP contribution in [0.15, 0.2) is 4.42 Å². The molecule has 3 aliphatic rings. The lowest BCUT2D eigenvalue weighted by Crippen LogP contribution is -2.45. The first-order valence-electron chi connectivity index (χ1n) is 8.73. The van der Waals surface area contributed by atoms with Gasteiger partial charge in [-0.15, -0.1) is 5.10 Å². The maximum atomic E-state index is 12.6. The van der Waals surface area contributed by atoms with E-state index in [0.717, 1.165) is 25.9 Å². The van der Waals surface area contributed by atoms with E-state index in [4.69, 9.17) is 4.42 Å². The zero-order chi connectivity index (χ0) is 17.8. The number of anilines is 1. The summed E-state index contributed by atoms with van der Waals surface area (Å²) in [6.07, 6.45) is 0.396. The van der Waals surface area contributed by atoms with E-state index in [2.05, 4.69) is 15.5 Å². The van der Waals surface area contributed by atoms with Crippen molar-refractivity contribution in [2.24, 2.45) is 11.3 Å². The molecule has 138 valence electrons. The van der Waals surface area contributed by atoms with Crippen molar-refractivity contribution in [3.63, 3.8) is 0 Å². The van der Waals surface area contributed by atoms with Gasteiger partial charge >= 0.3 is 12.2 Å². The highest BCUT2D eigenvalue weighted by atomic mass is 19.4. The lowest BCUT2D eigenvalue weighted by Gasteiger charge is -2.33. The highest BCUT2D eigenvalue weighted by Gasteiger charge is 2.58. The van der Waals surface area contributed by atoms with Gasteiger partial charge in [0.25, 0.3) is 0 Å². The van der Waals surface area contributed by atoms with Gasteiger partial charge in [0, 0.05) is 19.0 Å². The minimum Gasteiger partial charge on any atom is -0.408 e. The summed E-state index contributed by atoms with van der Waals surface area (Å²) in [6, 6.07) is -0.557. The largest absolute Gasteiger partial charge is 0.408 e. The first-order valence-corrected chi connectivity index (χ1v) is 8.73. The first kappa shape index (κ1) is 16.7. The Labute approximate surface area is 143 Å². The fraction of sp³-hybridized carbons (Fsp3) is 0.812. The van der Waals surface area contributed by atoms with Crippen molar-refractivity contribution in [2.45, 2.75) is 57.2 Å². The molecule has 1 aliphatic heterocycles. The van der Waals surface area contributed by atoms with Gasteiger partial charge in [-0.1, -0.05) is 5.10 Å². The number of aromatic nitrogens is 2. The van der Waals surface area contributed by atoms with E-state index in [0.29, 0.717) is 5.41 Å². The number of amides is 1. The zero-order valence-electron chi connectivity index (χ0n) is 14.0. The second kappa shape index (κ2) is 5.60. The topological polar surface area (TPSA) is 71.3 Å². The van der Waals surface area contributed by atoms with Crippen LogP contribution in [0.2, 0.25) is 0 Å². The summed E-state index contributed by atoms with van der Waals surface area (Å²) >= 11 is 0. The number of nitrogens with one attached hydrogen (secondary N) is 1. The molecular formula is C16H21F3N4O2. The molecule has 1 aromatic rings. The lowest BCUT2D eigenvalue weighted by atomic mass is 9.93. The molecule has 2 saturated carbocycles. The van der Waals surface area contributed by atoms with E-state index >= 15 is 0 Å². The van der Waals surface area contributed by atoms with Crippen molar-refractivity contribution in [1.29, 1.82) is 0 Å². The smallest absolute Gasteiger partial charge is 0.392 e. The predicted octanol–water partition coefficient (Wildman–Crippen LogP) is 2.94. The summed E-state index contributed by atoms with van der Waals surface area (Å²) < 4.78 is 43.1. The van der Waals surface area contributed by atoms with Gasteiger partial charge in [0.2, 0.25) is 11.8 Å². The third kappa shape index (κ3) is 3.32. The molecule has 1 amide bonds. The van der Waals surface area contributed by atoms with Gasteiger partial charge in [-0.3, -0.25) is 4.79 Å². The van der Waals surface area contributed by atoms with Crippen LogP contribution in [0.5, 0.6) is 0 Å². The van der Waals surface area contributed by atoms with Gasteiger partial charge in [-0.25, -0.2) is 0 Å². The van der Waals surface area contributed by atoms with Crippen molar-refractivity contribution in [3.05, 3.63) is 5.89 Å². The molecule has 0 radical (unpaired) electrons. The first-order chi connectivity index (χ1) is 11.8. The van der Waals surface area contributed by atoms with Gasteiger partial charge < -0.3 is 14.6 Å². The summed E-state index contributed by atoms with van der Waals surface area (Å²) in [4.78, 5) is 14.3. The van der Waals surface area contributed by atoms with Crippen LogP contribution in [0.3, 0.4) is 0 Å². The lowest BCUT2D eigenvalue weighted by molar-refractivity contribution is -0.149. The van der Waals surface area contributed by atoms with Crippen molar-refractivity contribution in [1.82, 2.24) is 15.1 Å². The van der Waals surface area contributed by atoms with E-state index in [1.165, 1.54) is 12.8 Å². The molecule has 6 nitrogen and oxygen atoms in total. The van der Waals surface area contributed by atoms with Gasteiger partial charge in [0.05, 0.1) is 5.92 Å². The second-order valence-corrected chi connectivity index (χ2v) is 7.63. The molecule has 2 aliphatic carbocycles. The number of halogens is 3. The van der Waals surface area contributed by atoms with Crippen LogP contribution in [0, 0.1) is 11.3 Å². The zero-order valence-corrected chi connectivity index (χ0v) is 14.0. The SMILES string of the molecule is C[C@@H](Nc1nnc([C@@H]2C[C@H]2C(F)(F)F)o1)C(=O)N1CCC2(CC1)CC2. The Morgan fingerprint density at radius 1 is 1.28 bits per heavy atom. The Hall–Kier alpha value is -1.80. The summed E-state index contributed by atoms with van der Waals surface area (Å²) in [6.45, 7) is 3.22. The number of carbonyl (C=O) groups is 1. The van der Waals surface area contributed by atoms with Crippen LogP contribution in [-0.4, -0.2) is 46.3 Å². The summed E-state index contributed by atoms with van der Waals surface area (Å²) in [5.41, 5.74) is 0.494. The molecular weight excluding hydrogens is 337 g/mol. The highest BCUT2D eigenvalue weighted by Crippen LogP contribution is 2.56. The number of hydrogen-bond acceptors (Lipinski definition) is 5. The quantitative estimate of drug-likeness (QED) is 0.896. The number of hydrogen-bond donors (Lipinski definition) is 1. The molecule has 1 spiro atoms. The molecule has 4 rings (SSSR count). The number of likely N-dealkylation sites (tertiary alicyclic amines) is 1. The standard InChI is InChI=1S/C16H21F3N4O2/c1-9(13(24)23-6-4-15(2-3-15)5-7-23)20-14-22-21-12(25-14)10-8-11(10)16(17,18)19/h9-11H,2-8H2,1H3,(H,20,22)/t9-,10-,11-/m1/s1. The van der Waals surface area contributed by atoms with E-state index in [-0.39, 0.29) is 24.2 Å². The Morgan fingerprint density at radius 2 is 1.96 bits per heavy atom. The fourth-order valence-corrected chi connectivity index (χ4v) is 3.67. The molecule has 25 heavy (non-hydrogen) atoms. The van der Waals surface area contributed by atoms with E-state index in [1.807, 2.05) is 4.90 Å². The molecule has 0 bridgehead atoms. The third-order valence-corrected chi connectivity index (χ3v) is 5.77. The highest BCUT2D eigenvalue weighted by molar-refractivity contribution is 5.83. The van der Waals surface area contributed by atoms with Crippen LogP contribution in [0.4, 0.5) is 19.2 Å². The van der Waals surface area contributed by atoms with Gasteiger partial charge in [0.15, 0.2) is 0 Å². The van der Waals surface area contributed by atoms with Crippen molar-refractivity contribution < 1.29 is 22.4 Å².